The molecule has 0 spiro atoms. The van der Waals surface area contributed by atoms with Crippen molar-refractivity contribution in [2.24, 2.45) is 5.16 Å². The maximum absolute atomic E-state index is 9.10. The summed E-state index contributed by atoms with van der Waals surface area (Å²) in [5.41, 5.74) is 3.73. The van der Waals surface area contributed by atoms with Gasteiger partial charge in [-0.2, -0.15) is 0 Å². The SMILES string of the molecule is O/N=C1/CCCc2c(OCc3ccc(Br)cn3)cccc21. The smallest absolute Gasteiger partial charge is 0.130 e. The van der Waals surface area contributed by atoms with Crippen molar-refractivity contribution in [2.45, 2.75) is 25.9 Å². The van der Waals surface area contributed by atoms with Crippen LogP contribution in [0.1, 0.15) is 29.7 Å². The summed E-state index contributed by atoms with van der Waals surface area (Å²) in [4.78, 5) is 4.30. The van der Waals surface area contributed by atoms with E-state index in [1.165, 1.54) is 0 Å². The highest BCUT2D eigenvalue weighted by molar-refractivity contribution is 9.10. The van der Waals surface area contributed by atoms with Crippen molar-refractivity contribution >= 4 is 21.6 Å². The third-order valence-electron chi connectivity index (χ3n) is 3.57. The first kappa shape index (κ1) is 14.1. The molecule has 21 heavy (non-hydrogen) atoms. The lowest BCUT2D eigenvalue weighted by Crippen LogP contribution is -2.13. The monoisotopic (exact) mass is 346 g/mol. The van der Waals surface area contributed by atoms with Crippen LogP contribution in [0, 0.1) is 0 Å². The van der Waals surface area contributed by atoms with Gasteiger partial charge in [0.2, 0.25) is 0 Å². The summed E-state index contributed by atoms with van der Waals surface area (Å²) in [6.45, 7) is 0.426. The second kappa shape index (κ2) is 6.26. The first-order chi connectivity index (χ1) is 10.3. The first-order valence-electron chi connectivity index (χ1n) is 6.84. The minimum absolute atomic E-state index is 0.426. The Kier molecular flexibility index (Phi) is 4.20. The highest BCUT2D eigenvalue weighted by Gasteiger charge is 2.19. The van der Waals surface area contributed by atoms with E-state index >= 15 is 0 Å². The van der Waals surface area contributed by atoms with Gasteiger partial charge in [-0.15, -0.1) is 0 Å². The molecule has 3 rings (SSSR count). The topological polar surface area (TPSA) is 54.7 Å². The van der Waals surface area contributed by atoms with E-state index < -0.39 is 0 Å². The fourth-order valence-electron chi connectivity index (χ4n) is 2.54. The molecule has 0 atom stereocenters. The van der Waals surface area contributed by atoms with Gasteiger partial charge in [0.05, 0.1) is 11.4 Å². The van der Waals surface area contributed by atoms with Gasteiger partial charge in [-0.1, -0.05) is 17.3 Å². The van der Waals surface area contributed by atoms with Crippen LogP contribution < -0.4 is 4.74 Å². The minimum Gasteiger partial charge on any atom is -0.487 e. The second-order valence-corrected chi connectivity index (χ2v) is 5.85. The molecular weight excluding hydrogens is 332 g/mol. The van der Waals surface area contributed by atoms with Gasteiger partial charge in [-0.05, 0) is 53.4 Å². The van der Waals surface area contributed by atoms with Crippen LogP contribution in [0.4, 0.5) is 0 Å². The number of halogens is 1. The number of aromatic nitrogens is 1. The summed E-state index contributed by atoms with van der Waals surface area (Å²) < 4.78 is 6.86. The van der Waals surface area contributed by atoms with Gasteiger partial charge in [0.25, 0.3) is 0 Å². The summed E-state index contributed by atoms with van der Waals surface area (Å²) in [5, 5.41) is 12.5. The number of benzene rings is 1. The molecule has 108 valence electrons. The molecule has 0 saturated heterocycles. The maximum Gasteiger partial charge on any atom is 0.130 e. The zero-order valence-electron chi connectivity index (χ0n) is 11.4. The Morgan fingerprint density at radius 2 is 2.14 bits per heavy atom. The zero-order chi connectivity index (χ0) is 14.7. The van der Waals surface area contributed by atoms with Gasteiger partial charge in [0, 0.05) is 21.8 Å². The standard InChI is InChI=1S/C16H15BrN2O2/c17-11-7-8-12(18-9-11)10-21-16-6-2-3-13-14(16)4-1-5-15(13)19-20/h2-3,6-9,20H,1,4-5,10H2/b19-15-. The van der Waals surface area contributed by atoms with Crippen molar-refractivity contribution in [2.75, 3.05) is 0 Å². The first-order valence-corrected chi connectivity index (χ1v) is 7.63. The van der Waals surface area contributed by atoms with E-state index in [2.05, 4.69) is 26.1 Å². The number of oxime groups is 1. The van der Waals surface area contributed by atoms with Gasteiger partial charge < -0.3 is 9.94 Å². The fraction of sp³-hybridized carbons (Fsp3) is 0.250. The summed E-state index contributed by atoms with van der Waals surface area (Å²) in [5.74, 6) is 0.845. The molecule has 1 aliphatic carbocycles. The predicted octanol–water partition coefficient (Wildman–Crippen LogP) is 3.94. The second-order valence-electron chi connectivity index (χ2n) is 4.94. The van der Waals surface area contributed by atoms with Gasteiger partial charge in [-0.3, -0.25) is 4.98 Å². The Morgan fingerprint density at radius 1 is 1.24 bits per heavy atom. The van der Waals surface area contributed by atoms with E-state index in [0.717, 1.165) is 52.0 Å². The number of ether oxygens (including phenoxy) is 1. The lowest BCUT2D eigenvalue weighted by atomic mass is 9.89. The molecule has 0 radical (unpaired) electrons. The molecule has 1 N–H and O–H groups in total. The quantitative estimate of drug-likeness (QED) is 0.676. The molecule has 1 heterocycles. The normalized spacial score (nSPS) is 15.8. The zero-order valence-corrected chi connectivity index (χ0v) is 13.0. The van der Waals surface area contributed by atoms with Gasteiger partial charge >= 0.3 is 0 Å². The van der Waals surface area contributed by atoms with E-state index in [1.807, 2.05) is 30.3 Å². The molecule has 0 bridgehead atoms. The third kappa shape index (κ3) is 3.08. The number of hydrogen-bond acceptors (Lipinski definition) is 4. The van der Waals surface area contributed by atoms with Crippen molar-refractivity contribution in [1.82, 2.24) is 4.98 Å². The molecule has 2 aromatic rings. The van der Waals surface area contributed by atoms with E-state index in [-0.39, 0.29) is 0 Å². The van der Waals surface area contributed by atoms with E-state index in [4.69, 9.17) is 9.94 Å². The molecule has 4 nitrogen and oxygen atoms in total. The summed E-state index contributed by atoms with van der Waals surface area (Å²) in [6.07, 6.45) is 4.48. The van der Waals surface area contributed by atoms with Crippen molar-refractivity contribution in [3.8, 4) is 5.75 Å². The maximum atomic E-state index is 9.10. The Balaban J connectivity index is 1.81. The fourth-order valence-corrected chi connectivity index (χ4v) is 2.78. The highest BCUT2D eigenvalue weighted by Crippen LogP contribution is 2.30. The predicted molar refractivity (Wildman–Crippen MR) is 84.0 cm³/mol. The Bertz CT molecular complexity index is 668. The summed E-state index contributed by atoms with van der Waals surface area (Å²) in [7, 11) is 0. The Hall–Kier alpha value is -1.88. The number of hydrogen-bond donors (Lipinski definition) is 1. The van der Waals surface area contributed by atoms with Crippen LogP contribution in [0.15, 0.2) is 46.2 Å². The molecule has 0 fully saturated rings. The van der Waals surface area contributed by atoms with Gasteiger partial charge in [-0.25, -0.2) is 0 Å². The van der Waals surface area contributed by atoms with Crippen LogP contribution in [0.25, 0.3) is 0 Å². The molecule has 1 aromatic carbocycles. The number of pyridine rings is 1. The average Bonchev–Trinajstić information content (AvgIpc) is 2.53. The van der Waals surface area contributed by atoms with Crippen LogP contribution in [0.2, 0.25) is 0 Å². The molecular formula is C16H15BrN2O2. The van der Waals surface area contributed by atoms with Crippen LogP contribution >= 0.6 is 15.9 Å². The van der Waals surface area contributed by atoms with E-state index in [9.17, 15) is 0 Å². The lowest BCUT2D eigenvalue weighted by molar-refractivity contribution is 0.297. The van der Waals surface area contributed by atoms with Crippen molar-refractivity contribution in [1.29, 1.82) is 0 Å². The van der Waals surface area contributed by atoms with Crippen molar-refractivity contribution in [3.05, 3.63) is 57.8 Å². The van der Waals surface area contributed by atoms with E-state index in [0.29, 0.717) is 6.61 Å². The molecule has 1 aromatic heterocycles. The molecule has 1 aliphatic rings. The van der Waals surface area contributed by atoms with Crippen molar-refractivity contribution in [3.63, 3.8) is 0 Å². The van der Waals surface area contributed by atoms with Crippen LogP contribution in [0.3, 0.4) is 0 Å². The molecule has 0 unspecified atom stereocenters. The van der Waals surface area contributed by atoms with Gasteiger partial charge in [0.15, 0.2) is 0 Å². The summed E-state index contributed by atoms with van der Waals surface area (Å²) in [6, 6.07) is 9.74. The molecule has 0 saturated carbocycles. The van der Waals surface area contributed by atoms with E-state index in [1.54, 1.807) is 6.20 Å². The third-order valence-corrected chi connectivity index (χ3v) is 4.04. The minimum atomic E-state index is 0.426. The Labute approximate surface area is 131 Å². The summed E-state index contributed by atoms with van der Waals surface area (Å²) >= 11 is 3.37. The molecule has 0 amide bonds. The van der Waals surface area contributed by atoms with Crippen LogP contribution in [-0.2, 0) is 13.0 Å². The van der Waals surface area contributed by atoms with Gasteiger partial charge in [0.1, 0.15) is 12.4 Å². The lowest BCUT2D eigenvalue weighted by Gasteiger charge is -2.20. The highest BCUT2D eigenvalue weighted by atomic mass is 79.9. The average molecular weight is 347 g/mol. The number of fused-ring (bicyclic) bond motifs is 1. The largest absolute Gasteiger partial charge is 0.487 e. The molecule has 5 heteroatoms. The molecule has 0 aliphatic heterocycles. The van der Waals surface area contributed by atoms with Crippen LogP contribution in [-0.4, -0.2) is 15.9 Å². The Morgan fingerprint density at radius 3 is 2.90 bits per heavy atom. The van der Waals surface area contributed by atoms with Crippen LogP contribution in [0.5, 0.6) is 5.75 Å². The van der Waals surface area contributed by atoms with Crippen molar-refractivity contribution < 1.29 is 9.94 Å². The number of rotatable bonds is 3. The number of nitrogens with zero attached hydrogens (tertiary/aromatic N) is 2.